The number of aryl methyl sites for hydroxylation is 1. The molecule has 114 valence electrons. The van der Waals surface area contributed by atoms with Crippen LogP contribution in [0.3, 0.4) is 0 Å². The quantitative estimate of drug-likeness (QED) is 0.799. The number of furan rings is 1. The third-order valence-electron chi connectivity index (χ3n) is 3.31. The third-order valence-corrected chi connectivity index (χ3v) is 3.31. The van der Waals surface area contributed by atoms with E-state index < -0.39 is 0 Å². The fourth-order valence-electron chi connectivity index (χ4n) is 2.18. The minimum absolute atomic E-state index is 0.0937. The standard InChI is InChI=1S/C18H25NO2/c1-15-9-10-17(21-15)12-20-14-18(2,3)13-19-11-16-7-5-4-6-8-16/h4-10,19H,11-14H2,1-3H3. The first-order valence-corrected chi connectivity index (χ1v) is 7.43. The minimum Gasteiger partial charge on any atom is -0.464 e. The van der Waals surface area contributed by atoms with Gasteiger partial charge in [0.25, 0.3) is 0 Å². The first kappa shape index (κ1) is 15.8. The second-order valence-corrected chi connectivity index (χ2v) is 6.26. The van der Waals surface area contributed by atoms with Crippen LogP contribution < -0.4 is 5.32 Å². The number of hydrogen-bond acceptors (Lipinski definition) is 3. The van der Waals surface area contributed by atoms with Crippen LogP contribution in [0.25, 0.3) is 0 Å². The van der Waals surface area contributed by atoms with Crippen molar-refractivity contribution in [3.63, 3.8) is 0 Å². The average Bonchev–Trinajstić information content (AvgIpc) is 2.85. The Morgan fingerprint density at radius 2 is 1.86 bits per heavy atom. The van der Waals surface area contributed by atoms with Crippen molar-refractivity contribution in [3.8, 4) is 0 Å². The summed E-state index contributed by atoms with van der Waals surface area (Å²) in [4.78, 5) is 0. The van der Waals surface area contributed by atoms with Gasteiger partial charge in [-0.05, 0) is 24.6 Å². The molecule has 0 bridgehead atoms. The first-order chi connectivity index (χ1) is 10.1. The van der Waals surface area contributed by atoms with E-state index in [-0.39, 0.29) is 5.41 Å². The van der Waals surface area contributed by atoms with Gasteiger partial charge in [-0.25, -0.2) is 0 Å². The van der Waals surface area contributed by atoms with Gasteiger partial charge in [0.15, 0.2) is 0 Å². The highest BCUT2D eigenvalue weighted by molar-refractivity contribution is 5.14. The van der Waals surface area contributed by atoms with Crippen LogP contribution in [-0.2, 0) is 17.9 Å². The molecule has 0 spiro atoms. The van der Waals surface area contributed by atoms with Crippen molar-refractivity contribution in [2.24, 2.45) is 5.41 Å². The number of benzene rings is 1. The van der Waals surface area contributed by atoms with Gasteiger partial charge in [-0.15, -0.1) is 0 Å². The molecular weight excluding hydrogens is 262 g/mol. The van der Waals surface area contributed by atoms with E-state index in [2.05, 4.69) is 43.4 Å². The van der Waals surface area contributed by atoms with Crippen molar-refractivity contribution in [3.05, 3.63) is 59.5 Å². The maximum absolute atomic E-state index is 5.77. The Morgan fingerprint density at radius 3 is 2.52 bits per heavy atom. The average molecular weight is 287 g/mol. The van der Waals surface area contributed by atoms with E-state index in [0.29, 0.717) is 13.2 Å². The molecule has 1 aromatic heterocycles. The van der Waals surface area contributed by atoms with Gasteiger partial charge in [0.05, 0.1) is 6.61 Å². The summed E-state index contributed by atoms with van der Waals surface area (Å²) < 4.78 is 11.3. The van der Waals surface area contributed by atoms with Crippen LogP contribution in [0.1, 0.15) is 30.9 Å². The van der Waals surface area contributed by atoms with E-state index in [0.717, 1.165) is 24.6 Å². The molecule has 1 aromatic carbocycles. The Bertz CT molecular complexity index is 531. The zero-order chi connectivity index (χ0) is 15.1. The molecule has 0 aliphatic rings. The van der Waals surface area contributed by atoms with Crippen molar-refractivity contribution >= 4 is 0 Å². The lowest BCUT2D eigenvalue weighted by molar-refractivity contribution is 0.0420. The number of hydrogen-bond donors (Lipinski definition) is 1. The molecule has 0 amide bonds. The van der Waals surface area contributed by atoms with Gasteiger partial charge in [0.2, 0.25) is 0 Å². The van der Waals surface area contributed by atoms with Crippen molar-refractivity contribution in [1.82, 2.24) is 5.32 Å². The Labute approximate surface area is 127 Å². The summed E-state index contributed by atoms with van der Waals surface area (Å²) in [6.07, 6.45) is 0. The number of ether oxygens (including phenoxy) is 1. The predicted molar refractivity (Wildman–Crippen MR) is 85.0 cm³/mol. The highest BCUT2D eigenvalue weighted by Gasteiger charge is 2.18. The van der Waals surface area contributed by atoms with Crippen LogP contribution in [0.5, 0.6) is 0 Å². The summed E-state index contributed by atoms with van der Waals surface area (Å²) in [6.45, 7) is 9.41. The molecule has 3 nitrogen and oxygen atoms in total. The molecule has 0 radical (unpaired) electrons. The Kier molecular flexibility index (Phi) is 5.59. The lowest BCUT2D eigenvalue weighted by Gasteiger charge is -2.24. The van der Waals surface area contributed by atoms with Gasteiger partial charge in [-0.1, -0.05) is 44.2 Å². The van der Waals surface area contributed by atoms with Crippen molar-refractivity contribution in [2.75, 3.05) is 13.2 Å². The zero-order valence-corrected chi connectivity index (χ0v) is 13.2. The number of nitrogens with one attached hydrogen (secondary N) is 1. The topological polar surface area (TPSA) is 34.4 Å². The summed E-state index contributed by atoms with van der Waals surface area (Å²) >= 11 is 0. The molecule has 2 rings (SSSR count). The van der Waals surface area contributed by atoms with E-state index in [1.807, 2.05) is 25.1 Å². The number of rotatable bonds is 8. The van der Waals surface area contributed by atoms with Crippen LogP contribution in [0.15, 0.2) is 46.9 Å². The molecule has 0 atom stereocenters. The Morgan fingerprint density at radius 1 is 1.10 bits per heavy atom. The molecule has 1 N–H and O–H groups in total. The van der Waals surface area contributed by atoms with Crippen molar-refractivity contribution < 1.29 is 9.15 Å². The molecule has 21 heavy (non-hydrogen) atoms. The normalized spacial score (nSPS) is 11.8. The van der Waals surface area contributed by atoms with E-state index in [1.165, 1.54) is 5.56 Å². The summed E-state index contributed by atoms with van der Waals surface area (Å²) in [6, 6.07) is 14.4. The van der Waals surface area contributed by atoms with Crippen LogP contribution in [0.2, 0.25) is 0 Å². The Hall–Kier alpha value is -1.58. The van der Waals surface area contributed by atoms with Gasteiger partial charge >= 0.3 is 0 Å². The van der Waals surface area contributed by atoms with E-state index >= 15 is 0 Å². The Balaban J connectivity index is 1.66. The zero-order valence-electron chi connectivity index (χ0n) is 13.2. The first-order valence-electron chi connectivity index (χ1n) is 7.43. The molecule has 0 saturated carbocycles. The highest BCUT2D eigenvalue weighted by atomic mass is 16.5. The van der Waals surface area contributed by atoms with Crippen LogP contribution in [-0.4, -0.2) is 13.2 Å². The molecule has 0 fully saturated rings. The maximum atomic E-state index is 5.77. The molecule has 0 aliphatic carbocycles. The monoisotopic (exact) mass is 287 g/mol. The lowest BCUT2D eigenvalue weighted by Crippen LogP contribution is -2.32. The maximum Gasteiger partial charge on any atom is 0.129 e. The molecule has 0 unspecified atom stereocenters. The summed E-state index contributed by atoms with van der Waals surface area (Å²) in [5.74, 6) is 1.82. The summed E-state index contributed by atoms with van der Waals surface area (Å²) in [5.41, 5.74) is 1.40. The van der Waals surface area contributed by atoms with Gasteiger partial charge in [-0.3, -0.25) is 0 Å². The molecule has 2 aromatic rings. The predicted octanol–water partition coefficient (Wildman–Crippen LogP) is 3.92. The fourth-order valence-corrected chi connectivity index (χ4v) is 2.18. The van der Waals surface area contributed by atoms with E-state index in [4.69, 9.17) is 9.15 Å². The van der Waals surface area contributed by atoms with Crippen LogP contribution in [0.4, 0.5) is 0 Å². The lowest BCUT2D eigenvalue weighted by atomic mass is 9.95. The largest absolute Gasteiger partial charge is 0.464 e. The van der Waals surface area contributed by atoms with Gasteiger partial charge in [0.1, 0.15) is 18.1 Å². The summed E-state index contributed by atoms with van der Waals surface area (Å²) in [7, 11) is 0. The SMILES string of the molecule is Cc1ccc(COCC(C)(C)CNCc2ccccc2)o1. The van der Waals surface area contributed by atoms with Crippen LogP contribution in [0, 0.1) is 12.3 Å². The van der Waals surface area contributed by atoms with Crippen molar-refractivity contribution in [2.45, 2.75) is 33.9 Å². The van der Waals surface area contributed by atoms with Gasteiger partial charge in [-0.2, -0.15) is 0 Å². The minimum atomic E-state index is 0.0937. The highest BCUT2D eigenvalue weighted by Crippen LogP contribution is 2.16. The van der Waals surface area contributed by atoms with Gasteiger partial charge in [0, 0.05) is 18.5 Å². The fraction of sp³-hybridized carbons (Fsp3) is 0.444. The molecule has 3 heteroatoms. The second kappa shape index (κ2) is 7.43. The molecule has 1 heterocycles. The van der Waals surface area contributed by atoms with Crippen molar-refractivity contribution in [1.29, 1.82) is 0 Å². The van der Waals surface area contributed by atoms with Crippen LogP contribution >= 0.6 is 0 Å². The smallest absolute Gasteiger partial charge is 0.129 e. The van der Waals surface area contributed by atoms with E-state index in [1.54, 1.807) is 0 Å². The van der Waals surface area contributed by atoms with E-state index in [9.17, 15) is 0 Å². The van der Waals surface area contributed by atoms with Gasteiger partial charge < -0.3 is 14.5 Å². The molecule has 0 aliphatic heterocycles. The molecule has 0 saturated heterocycles. The second-order valence-electron chi connectivity index (χ2n) is 6.26. The molecular formula is C18H25NO2. The summed E-state index contributed by atoms with van der Waals surface area (Å²) in [5, 5.41) is 3.49. The third kappa shape index (κ3) is 5.74.